The lowest BCUT2D eigenvalue weighted by Crippen LogP contribution is -1.90. The molecule has 0 amide bonds. The number of ether oxygens (including phenoxy) is 1. The normalized spacial score (nSPS) is 10.2. The molecule has 0 saturated carbocycles. The molecule has 2 aromatic carbocycles. The fourth-order valence-corrected chi connectivity index (χ4v) is 1.52. The molecule has 0 N–H and O–H groups in total. The van der Waals surface area contributed by atoms with Crippen LogP contribution >= 0.6 is 0 Å². The molecular formula is C14H13FO. The molecule has 0 saturated heterocycles. The standard InChI is InChI=1S/C14H13FO/c1-10-5-3-4-6-13(10)16-14-8-7-12(15)9-11(14)2/h3-9H,1-2H3. The van der Waals surface area contributed by atoms with Crippen LogP contribution in [0.5, 0.6) is 11.5 Å². The first-order valence-corrected chi connectivity index (χ1v) is 5.16. The van der Waals surface area contributed by atoms with E-state index in [2.05, 4.69) is 0 Å². The largest absolute Gasteiger partial charge is 0.457 e. The van der Waals surface area contributed by atoms with Crippen molar-refractivity contribution in [3.05, 3.63) is 59.4 Å². The third-order valence-electron chi connectivity index (χ3n) is 2.45. The summed E-state index contributed by atoms with van der Waals surface area (Å²) in [6.45, 7) is 3.81. The summed E-state index contributed by atoms with van der Waals surface area (Å²) >= 11 is 0. The average Bonchev–Trinajstić information content (AvgIpc) is 2.25. The quantitative estimate of drug-likeness (QED) is 0.729. The lowest BCUT2D eigenvalue weighted by atomic mass is 10.2. The van der Waals surface area contributed by atoms with E-state index in [-0.39, 0.29) is 5.82 Å². The van der Waals surface area contributed by atoms with E-state index in [1.54, 1.807) is 6.07 Å². The van der Waals surface area contributed by atoms with Crippen LogP contribution < -0.4 is 4.74 Å². The van der Waals surface area contributed by atoms with Crippen LogP contribution in [0.3, 0.4) is 0 Å². The minimum atomic E-state index is -0.241. The van der Waals surface area contributed by atoms with Gasteiger partial charge < -0.3 is 4.74 Å². The summed E-state index contributed by atoms with van der Waals surface area (Å²) in [6, 6.07) is 12.3. The van der Waals surface area contributed by atoms with Crippen molar-refractivity contribution in [2.45, 2.75) is 13.8 Å². The van der Waals surface area contributed by atoms with Gasteiger partial charge in [-0.1, -0.05) is 18.2 Å². The summed E-state index contributed by atoms with van der Waals surface area (Å²) in [5.41, 5.74) is 1.86. The summed E-state index contributed by atoms with van der Waals surface area (Å²) in [7, 11) is 0. The van der Waals surface area contributed by atoms with Gasteiger partial charge in [0, 0.05) is 0 Å². The fourth-order valence-electron chi connectivity index (χ4n) is 1.52. The van der Waals surface area contributed by atoms with Gasteiger partial charge in [-0.25, -0.2) is 4.39 Å². The first kappa shape index (κ1) is 10.7. The van der Waals surface area contributed by atoms with Crippen LogP contribution in [0.4, 0.5) is 4.39 Å². The molecule has 0 aliphatic heterocycles. The highest BCUT2D eigenvalue weighted by atomic mass is 19.1. The molecule has 2 rings (SSSR count). The summed E-state index contributed by atoms with van der Waals surface area (Å²) in [5, 5.41) is 0. The monoisotopic (exact) mass is 216 g/mol. The summed E-state index contributed by atoms with van der Waals surface area (Å²) in [5.74, 6) is 1.25. The molecule has 2 heteroatoms. The third kappa shape index (κ3) is 2.22. The van der Waals surface area contributed by atoms with Crippen LogP contribution in [0, 0.1) is 19.7 Å². The lowest BCUT2D eigenvalue weighted by Gasteiger charge is -2.10. The van der Waals surface area contributed by atoms with Crippen molar-refractivity contribution in [3.63, 3.8) is 0 Å². The molecule has 0 bridgehead atoms. The van der Waals surface area contributed by atoms with E-state index >= 15 is 0 Å². The summed E-state index contributed by atoms with van der Waals surface area (Å²) in [4.78, 5) is 0. The Hall–Kier alpha value is -1.83. The zero-order valence-electron chi connectivity index (χ0n) is 9.33. The Morgan fingerprint density at radius 1 is 0.875 bits per heavy atom. The van der Waals surface area contributed by atoms with E-state index < -0.39 is 0 Å². The van der Waals surface area contributed by atoms with E-state index in [0.29, 0.717) is 5.75 Å². The minimum Gasteiger partial charge on any atom is -0.457 e. The number of para-hydroxylation sites is 1. The van der Waals surface area contributed by atoms with Crippen LogP contribution in [-0.4, -0.2) is 0 Å². The Morgan fingerprint density at radius 3 is 2.25 bits per heavy atom. The lowest BCUT2D eigenvalue weighted by molar-refractivity contribution is 0.473. The van der Waals surface area contributed by atoms with Crippen molar-refractivity contribution in [1.82, 2.24) is 0 Å². The molecule has 0 spiro atoms. The molecule has 2 aromatic rings. The molecule has 0 aromatic heterocycles. The fraction of sp³-hybridized carbons (Fsp3) is 0.143. The van der Waals surface area contributed by atoms with Gasteiger partial charge in [0.1, 0.15) is 17.3 Å². The Labute approximate surface area is 94.5 Å². The smallest absolute Gasteiger partial charge is 0.130 e. The van der Waals surface area contributed by atoms with E-state index in [0.717, 1.165) is 16.9 Å². The topological polar surface area (TPSA) is 9.23 Å². The highest BCUT2D eigenvalue weighted by Crippen LogP contribution is 2.27. The van der Waals surface area contributed by atoms with Gasteiger partial charge in [0.25, 0.3) is 0 Å². The maximum Gasteiger partial charge on any atom is 0.130 e. The van der Waals surface area contributed by atoms with Crippen molar-refractivity contribution >= 4 is 0 Å². The number of rotatable bonds is 2. The van der Waals surface area contributed by atoms with E-state index in [4.69, 9.17) is 4.74 Å². The van der Waals surface area contributed by atoms with Crippen LogP contribution in [0.25, 0.3) is 0 Å². The average molecular weight is 216 g/mol. The molecule has 0 aliphatic carbocycles. The van der Waals surface area contributed by atoms with Gasteiger partial charge in [-0.15, -0.1) is 0 Å². The van der Waals surface area contributed by atoms with Crippen molar-refractivity contribution in [3.8, 4) is 11.5 Å². The summed E-state index contributed by atoms with van der Waals surface area (Å²) < 4.78 is 18.6. The highest BCUT2D eigenvalue weighted by Gasteiger charge is 2.04. The molecule has 0 radical (unpaired) electrons. The molecule has 0 aliphatic rings. The zero-order valence-corrected chi connectivity index (χ0v) is 9.33. The third-order valence-corrected chi connectivity index (χ3v) is 2.45. The van der Waals surface area contributed by atoms with Crippen molar-refractivity contribution in [2.75, 3.05) is 0 Å². The number of hydrogen-bond acceptors (Lipinski definition) is 1. The second-order valence-corrected chi connectivity index (χ2v) is 3.78. The molecule has 0 atom stereocenters. The number of aryl methyl sites for hydroxylation is 2. The second kappa shape index (κ2) is 4.35. The van der Waals surface area contributed by atoms with Crippen LogP contribution in [-0.2, 0) is 0 Å². The van der Waals surface area contributed by atoms with Crippen LogP contribution in [0.2, 0.25) is 0 Å². The van der Waals surface area contributed by atoms with Gasteiger partial charge in [0.15, 0.2) is 0 Å². The van der Waals surface area contributed by atoms with Gasteiger partial charge in [-0.3, -0.25) is 0 Å². The molecule has 0 fully saturated rings. The Bertz CT molecular complexity index is 506. The maximum atomic E-state index is 12.9. The van der Waals surface area contributed by atoms with E-state index in [1.807, 2.05) is 38.1 Å². The van der Waals surface area contributed by atoms with Crippen molar-refractivity contribution < 1.29 is 9.13 Å². The number of halogens is 1. The van der Waals surface area contributed by atoms with Crippen LogP contribution in [0.1, 0.15) is 11.1 Å². The molecular weight excluding hydrogens is 203 g/mol. The van der Waals surface area contributed by atoms with E-state index in [9.17, 15) is 4.39 Å². The Kier molecular flexibility index (Phi) is 2.91. The molecule has 82 valence electrons. The summed E-state index contributed by atoms with van der Waals surface area (Å²) in [6.07, 6.45) is 0. The van der Waals surface area contributed by atoms with Gasteiger partial charge in [-0.2, -0.15) is 0 Å². The van der Waals surface area contributed by atoms with Crippen molar-refractivity contribution in [1.29, 1.82) is 0 Å². The SMILES string of the molecule is Cc1ccccc1Oc1ccc(F)cc1C. The van der Waals surface area contributed by atoms with Gasteiger partial charge in [0.05, 0.1) is 0 Å². The molecule has 16 heavy (non-hydrogen) atoms. The molecule has 0 heterocycles. The van der Waals surface area contributed by atoms with Gasteiger partial charge in [0.2, 0.25) is 0 Å². The first-order valence-electron chi connectivity index (χ1n) is 5.16. The Morgan fingerprint density at radius 2 is 1.56 bits per heavy atom. The van der Waals surface area contributed by atoms with Gasteiger partial charge in [-0.05, 0) is 49.2 Å². The highest BCUT2D eigenvalue weighted by molar-refractivity contribution is 5.40. The van der Waals surface area contributed by atoms with Gasteiger partial charge >= 0.3 is 0 Å². The minimum absolute atomic E-state index is 0.241. The van der Waals surface area contributed by atoms with E-state index in [1.165, 1.54) is 12.1 Å². The number of benzene rings is 2. The second-order valence-electron chi connectivity index (χ2n) is 3.78. The first-order chi connectivity index (χ1) is 7.66. The predicted octanol–water partition coefficient (Wildman–Crippen LogP) is 4.23. The van der Waals surface area contributed by atoms with Crippen molar-refractivity contribution in [2.24, 2.45) is 0 Å². The molecule has 0 unspecified atom stereocenters. The molecule has 1 nitrogen and oxygen atoms in total. The zero-order chi connectivity index (χ0) is 11.5. The predicted molar refractivity (Wildman–Crippen MR) is 62.4 cm³/mol. The number of hydrogen-bond donors (Lipinski definition) is 0. The van der Waals surface area contributed by atoms with Crippen LogP contribution in [0.15, 0.2) is 42.5 Å². The Balaban J connectivity index is 2.31. The maximum absolute atomic E-state index is 12.9.